The monoisotopic (exact) mass is 630 g/mol. The minimum absolute atomic E-state index is 0.0747. The first-order chi connectivity index (χ1) is 21.8. The molecule has 1 aromatic rings. The molecular weight excluding hydrogens is 568 g/mol. The van der Waals surface area contributed by atoms with Crippen molar-refractivity contribution in [1.82, 2.24) is 9.80 Å². The Morgan fingerprint density at radius 1 is 0.848 bits per heavy atom. The van der Waals surface area contributed by atoms with Gasteiger partial charge in [-0.05, 0) is 123 Å². The van der Waals surface area contributed by atoms with E-state index in [1.54, 1.807) is 0 Å². The highest BCUT2D eigenvalue weighted by atomic mass is 16.3. The van der Waals surface area contributed by atoms with Gasteiger partial charge in [-0.15, -0.1) is 0 Å². The van der Waals surface area contributed by atoms with Gasteiger partial charge in [0.15, 0.2) is 0 Å². The molecule has 5 heteroatoms. The first-order valence-electron chi connectivity index (χ1n) is 18.8. The average molecular weight is 631 g/mol. The van der Waals surface area contributed by atoms with E-state index in [0.717, 1.165) is 77.7 Å². The Morgan fingerprint density at radius 3 is 2.24 bits per heavy atom. The van der Waals surface area contributed by atoms with Gasteiger partial charge in [-0.3, -0.25) is 9.69 Å². The summed E-state index contributed by atoms with van der Waals surface area (Å²) in [5.74, 6) is 2.76. The van der Waals surface area contributed by atoms with E-state index in [4.69, 9.17) is 0 Å². The number of aliphatic hydroxyl groups is 2. The molecule has 0 aromatic heterocycles. The first-order valence-corrected chi connectivity index (χ1v) is 18.8. The number of rotatable bonds is 5. The summed E-state index contributed by atoms with van der Waals surface area (Å²) in [7, 11) is 0. The molecule has 1 heterocycles. The van der Waals surface area contributed by atoms with Crippen LogP contribution in [0.1, 0.15) is 104 Å². The summed E-state index contributed by atoms with van der Waals surface area (Å²) in [6, 6.07) is 10.7. The number of amides is 1. The van der Waals surface area contributed by atoms with E-state index in [1.807, 2.05) is 0 Å². The molecule has 1 aliphatic heterocycles. The lowest BCUT2D eigenvalue weighted by Crippen LogP contribution is -2.68. The highest BCUT2D eigenvalue weighted by molar-refractivity contribution is 5.84. The quantitative estimate of drug-likeness (QED) is 0.335. The van der Waals surface area contributed by atoms with Crippen LogP contribution in [0, 0.1) is 56.7 Å². The van der Waals surface area contributed by atoms with Crippen molar-refractivity contribution >= 4 is 5.91 Å². The molecule has 0 radical (unpaired) electrons. The second kappa shape index (κ2) is 11.4. The summed E-state index contributed by atoms with van der Waals surface area (Å²) in [5.41, 5.74) is 2.48. The topological polar surface area (TPSA) is 64.0 Å². The lowest BCUT2D eigenvalue weighted by Gasteiger charge is -2.73. The van der Waals surface area contributed by atoms with Crippen LogP contribution in [0.4, 0.5) is 0 Å². The number of nitrogens with zero attached hydrogens (tertiary/aromatic N) is 2. The van der Waals surface area contributed by atoms with E-state index in [1.165, 1.54) is 30.4 Å². The van der Waals surface area contributed by atoms with Crippen molar-refractivity contribution in [2.75, 3.05) is 32.8 Å². The molecule has 1 amide bonds. The Hall–Kier alpha value is -1.69. The fraction of sp³-hybridized carbons (Fsp3) is 0.780. The summed E-state index contributed by atoms with van der Waals surface area (Å²) in [4.78, 5) is 19.7. The number of carbonyl (C=O) groups excluding carboxylic acids is 1. The van der Waals surface area contributed by atoms with Gasteiger partial charge in [0.2, 0.25) is 5.91 Å². The average Bonchev–Trinajstić information content (AvgIpc) is 3.45. The zero-order valence-corrected chi connectivity index (χ0v) is 29.6. The highest BCUT2D eigenvalue weighted by Gasteiger charge is 2.72. The molecule has 46 heavy (non-hydrogen) atoms. The van der Waals surface area contributed by atoms with E-state index in [9.17, 15) is 15.0 Å². The van der Waals surface area contributed by atoms with Gasteiger partial charge >= 0.3 is 0 Å². The van der Waals surface area contributed by atoms with Crippen LogP contribution < -0.4 is 0 Å². The summed E-state index contributed by atoms with van der Waals surface area (Å²) >= 11 is 0. The minimum Gasteiger partial charge on any atom is -0.396 e. The standard InChI is InChI=1S/C41H62N2O3/c1-28(2)30-14-19-41(36(46)43-24-22-42(23-25-43)26-29-10-8-7-9-11-29)21-20-39(5)31(35(30)41)12-13-33-37(3)17-16-34(45)38(4,27-44)32(37)15-18-40(33,39)6/h7-11,30-35,44-45H,1,12-27H2,2-6H3/t30-,31?,32?,33?,34-,35?,37-,38-,39+,40+,41-/m0/s1. The molecule has 5 aliphatic carbocycles. The molecule has 4 unspecified atom stereocenters. The van der Waals surface area contributed by atoms with Crippen molar-refractivity contribution < 1.29 is 15.0 Å². The van der Waals surface area contributed by atoms with Crippen LogP contribution in [-0.4, -0.2) is 64.8 Å². The summed E-state index contributed by atoms with van der Waals surface area (Å²) < 4.78 is 0. The van der Waals surface area contributed by atoms with E-state index in [2.05, 4.69) is 81.3 Å². The second-order valence-electron chi connectivity index (χ2n) is 18.1. The molecule has 5 saturated carbocycles. The van der Waals surface area contributed by atoms with E-state index in [0.29, 0.717) is 35.5 Å². The van der Waals surface area contributed by atoms with Crippen LogP contribution >= 0.6 is 0 Å². The van der Waals surface area contributed by atoms with Crippen molar-refractivity contribution in [3.63, 3.8) is 0 Å². The maximum absolute atomic E-state index is 14.9. The Morgan fingerprint density at radius 2 is 1.57 bits per heavy atom. The van der Waals surface area contributed by atoms with Crippen LogP contribution in [0.3, 0.4) is 0 Å². The third kappa shape index (κ3) is 4.53. The van der Waals surface area contributed by atoms with E-state index < -0.39 is 11.5 Å². The highest BCUT2D eigenvalue weighted by Crippen LogP contribution is 2.77. The van der Waals surface area contributed by atoms with Gasteiger partial charge in [0, 0.05) is 38.1 Å². The molecule has 11 atom stereocenters. The Kier molecular flexibility index (Phi) is 8.17. The van der Waals surface area contributed by atoms with E-state index in [-0.39, 0.29) is 28.3 Å². The van der Waals surface area contributed by atoms with Crippen LogP contribution in [0.2, 0.25) is 0 Å². The maximum Gasteiger partial charge on any atom is 0.229 e. The Labute approximate surface area is 279 Å². The Balaban J connectivity index is 1.16. The zero-order chi connectivity index (χ0) is 32.7. The van der Waals surface area contributed by atoms with Gasteiger partial charge in [-0.25, -0.2) is 0 Å². The molecule has 2 N–H and O–H groups in total. The third-order valence-corrected chi connectivity index (χ3v) is 16.5. The minimum atomic E-state index is -0.415. The lowest BCUT2D eigenvalue weighted by atomic mass is 9.32. The van der Waals surface area contributed by atoms with Crippen LogP contribution in [0.15, 0.2) is 42.5 Å². The van der Waals surface area contributed by atoms with Gasteiger partial charge in [0.05, 0.1) is 18.1 Å². The fourth-order valence-corrected chi connectivity index (χ4v) is 13.8. The van der Waals surface area contributed by atoms with E-state index >= 15 is 0 Å². The number of carbonyl (C=O) groups is 1. The predicted molar refractivity (Wildman–Crippen MR) is 185 cm³/mol. The predicted octanol–water partition coefficient (Wildman–Crippen LogP) is 7.32. The first kappa shape index (κ1) is 32.8. The number of fused-ring (bicyclic) bond motifs is 7. The molecule has 254 valence electrons. The van der Waals surface area contributed by atoms with Crippen molar-refractivity contribution in [2.45, 2.75) is 111 Å². The number of piperazine rings is 1. The van der Waals surface area contributed by atoms with Crippen LogP contribution in [0.25, 0.3) is 0 Å². The van der Waals surface area contributed by atoms with Crippen molar-refractivity contribution in [3.05, 3.63) is 48.0 Å². The fourth-order valence-electron chi connectivity index (χ4n) is 13.8. The zero-order valence-electron chi connectivity index (χ0n) is 29.6. The van der Waals surface area contributed by atoms with Crippen LogP contribution in [0.5, 0.6) is 0 Å². The Bertz CT molecular complexity index is 1320. The van der Waals surface area contributed by atoms with Gasteiger partial charge in [0.25, 0.3) is 0 Å². The molecule has 5 nitrogen and oxygen atoms in total. The smallest absolute Gasteiger partial charge is 0.229 e. The molecule has 0 spiro atoms. The molecule has 1 aromatic carbocycles. The third-order valence-electron chi connectivity index (χ3n) is 16.5. The normalized spacial score (nSPS) is 47.3. The molecule has 6 aliphatic rings. The summed E-state index contributed by atoms with van der Waals surface area (Å²) in [5, 5.41) is 21.7. The van der Waals surface area contributed by atoms with Gasteiger partial charge in [-0.2, -0.15) is 0 Å². The number of aliphatic hydroxyl groups excluding tert-OH is 2. The largest absolute Gasteiger partial charge is 0.396 e. The lowest BCUT2D eigenvalue weighted by molar-refractivity contribution is -0.253. The van der Waals surface area contributed by atoms with Gasteiger partial charge < -0.3 is 15.1 Å². The SMILES string of the molecule is C=C(C)[C@@H]1CC[C@]2(C(=O)N3CCN(Cc4ccccc4)CC3)CC[C@]3(C)C(CCC4[C@@]5(C)CC[C@H](O)[C@@](C)(CO)C5CC[C@]43C)C12. The molecule has 1 saturated heterocycles. The number of benzene rings is 1. The number of hydrogen-bond donors (Lipinski definition) is 2. The van der Waals surface area contributed by atoms with Gasteiger partial charge in [0.1, 0.15) is 0 Å². The van der Waals surface area contributed by atoms with Gasteiger partial charge in [-0.1, -0.05) is 70.2 Å². The van der Waals surface area contributed by atoms with Crippen LogP contribution in [-0.2, 0) is 11.3 Å². The summed E-state index contributed by atoms with van der Waals surface area (Å²) in [6.07, 6.45) is 10.4. The van der Waals surface area contributed by atoms with Crippen molar-refractivity contribution in [3.8, 4) is 0 Å². The van der Waals surface area contributed by atoms with Crippen molar-refractivity contribution in [1.29, 1.82) is 0 Å². The maximum atomic E-state index is 14.9. The molecule has 0 bridgehead atoms. The number of hydrogen-bond acceptors (Lipinski definition) is 4. The summed E-state index contributed by atoms with van der Waals surface area (Å²) in [6.45, 7) is 21.4. The molecule has 6 fully saturated rings. The number of allylic oxidation sites excluding steroid dienone is 1. The second-order valence-corrected chi connectivity index (χ2v) is 18.1. The molecular formula is C41H62N2O3. The van der Waals surface area contributed by atoms with Crippen molar-refractivity contribution in [2.24, 2.45) is 56.7 Å². The molecule has 7 rings (SSSR count).